The molecule has 1 fully saturated rings. The minimum absolute atomic E-state index is 0.0792. The molecule has 0 saturated carbocycles. The maximum Gasteiger partial charge on any atom is 0.137 e. The molecular formula is C26H28N4O3. The Labute approximate surface area is 194 Å². The van der Waals surface area contributed by atoms with Crippen LogP contribution in [-0.2, 0) is 11.2 Å². The lowest BCUT2D eigenvalue weighted by Crippen LogP contribution is -2.26. The van der Waals surface area contributed by atoms with Crippen molar-refractivity contribution >= 4 is 0 Å². The zero-order valence-electron chi connectivity index (χ0n) is 18.8. The summed E-state index contributed by atoms with van der Waals surface area (Å²) in [5, 5.41) is 9.67. The monoisotopic (exact) mass is 444 g/mol. The predicted octanol–water partition coefficient (Wildman–Crippen LogP) is 3.81. The first-order valence-electron chi connectivity index (χ1n) is 11.2. The molecule has 7 heteroatoms. The highest BCUT2D eigenvalue weighted by atomic mass is 16.5. The van der Waals surface area contributed by atoms with Gasteiger partial charge in [0.05, 0.1) is 24.5 Å². The van der Waals surface area contributed by atoms with E-state index < -0.39 is 0 Å². The first kappa shape index (κ1) is 22.7. The second-order valence-electron chi connectivity index (χ2n) is 8.02. The Morgan fingerprint density at radius 2 is 1.97 bits per heavy atom. The van der Waals surface area contributed by atoms with E-state index in [9.17, 15) is 5.26 Å². The Morgan fingerprint density at radius 1 is 1.12 bits per heavy atom. The molecule has 7 nitrogen and oxygen atoms in total. The van der Waals surface area contributed by atoms with Gasteiger partial charge in [-0.1, -0.05) is 12.1 Å². The summed E-state index contributed by atoms with van der Waals surface area (Å²) in [6.45, 7) is 4.34. The van der Waals surface area contributed by atoms with Crippen molar-refractivity contribution in [2.24, 2.45) is 5.73 Å². The molecule has 1 aliphatic rings. The largest absolute Gasteiger partial charge is 0.492 e. The van der Waals surface area contributed by atoms with E-state index in [0.29, 0.717) is 49.9 Å². The van der Waals surface area contributed by atoms with E-state index in [4.69, 9.17) is 24.9 Å². The third-order valence-electron chi connectivity index (χ3n) is 5.55. The van der Waals surface area contributed by atoms with Crippen molar-refractivity contribution < 1.29 is 14.2 Å². The molecule has 2 heterocycles. The van der Waals surface area contributed by atoms with Crippen LogP contribution in [0.15, 0.2) is 48.7 Å². The molecule has 0 spiro atoms. The fourth-order valence-electron chi connectivity index (χ4n) is 3.76. The third-order valence-corrected chi connectivity index (χ3v) is 5.55. The number of nitrogens with zero attached hydrogens (tertiary/aromatic N) is 3. The van der Waals surface area contributed by atoms with Crippen LogP contribution in [0.25, 0.3) is 11.3 Å². The molecule has 1 aromatic heterocycles. The second-order valence-corrected chi connectivity index (χ2v) is 8.02. The van der Waals surface area contributed by atoms with Gasteiger partial charge in [-0.3, -0.25) is 0 Å². The van der Waals surface area contributed by atoms with Crippen molar-refractivity contribution in [3.8, 4) is 28.8 Å². The van der Waals surface area contributed by atoms with E-state index in [2.05, 4.69) is 17.1 Å². The lowest BCUT2D eigenvalue weighted by molar-refractivity contribution is 0.0254. The van der Waals surface area contributed by atoms with E-state index in [1.165, 1.54) is 0 Å². The van der Waals surface area contributed by atoms with Gasteiger partial charge < -0.3 is 19.9 Å². The lowest BCUT2D eigenvalue weighted by atomic mass is 10.1. The third kappa shape index (κ3) is 5.86. The molecular weight excluding hydrogens is 416 g/mol. The molecule has 4 rings (SSSR count). The van der Waals surface area contributed by atoms with Gasteiger partial charge in [-0.2, -0.15) is 5.26 Å². The fraction of sp³-hybridized carbons (Fsp3) is 0.346. The molecule has 0 radical (unpaired) electrons. The Morgan fingerprint density at radius 3 is 2.76 bits per heavy atom. The lowest BCUT2D eigenvalue weighted by Gasteiger charge is -2.23. The molecule has 1 saturated heterocycles. The van der Waals surface area contributed by atoms with Crippen LogP contribution in [0, 0.1) is 18.3 Å². The van der Waals surface area contributed by atoms with Gasteiger partial charge in [0.2, 0.25) is 0 Å². The van der Waals surface area contributed by atoms with Gasteiger partial charge in [0.25, 0.3) is 0 Å². The number of hydrogen-bond donors (Lipinski definition) is 1. The molecule has 2 aromatic carbocycles. The van der Waals surface area contributed by atoms with Crippen LogP contribution in [0.3, 0.4) is 0 Å². The first-order valence-corrected chi connectivity index (χ1v) is 11.2. The van der Waals surface area contributed by atoms with Crippen molar-refractivity contribution in [2.75, 3.05) is 26.4 Å². The van der Waals surface area contributed by atoms with E-state index >= 15 is 0 Å². The molecule has 0 atom stereocenters. The Kier molecular flexibility index (Phi) is 7.51. The van der Waals surface area contributed by atoms with Gasteiger partial charge in [-0.25, -0.2) is 9.97 Å². The van der Waals surface area contributed by atoms with Gasteiger partial charge in [-0.05, 0) is 48.4 Å². The van der Waals surface area contributed by atoms with Crippen molar-refractivity contribution in [1.82, 2.24) is 9.97 Å². The van der Waals surface area contributed by atoms with Crippen LogP contribution >= 0.6 is 0 Å². The van der Waals surface area contributed by atoms with E-state index in [0.717, 1.165) is 41.0 Å². The molecule has 170 valence electrons. The Bertz CT molecular complexity index is 1140. The summed E-state index contributed by atoms with van der Waals surface area (Å²) in [5.74, 6) is 2.13. The molecule has 0 aliphatic carbocycles. The number of ether oxygens (including phenoxy) is 3. The SMILES string of the molecule is Cc1ccc(Cc2nccc(-c3ccc(OC4CCOCC4)c(C#N)c3)n2)cc1OCCN. The zero-order valence-corrected chi connectivity index (χ0v) is 18.8. The molecule has 2 N–H and O–H groups in total. The van der Waals surface area contributed by atoms with Gasteiger partial charge in [-0.15, -0.1) is 0 Å². The Balaban J connectivity index is 1.52. The van der Waals surface area contributed by atoms with Gasteiger partial charge >= 0.3 is 0 Å². The minimum Gasteiger partial charge on any atom is -0.492 e. The molecule has 0 unspecified atom stereocenters. The number of nitriles is 1. The highest BCUT2D eigenvalue weighted by molar-refractivity contribution is 5.64. The van der Waals surface area contributed by atoms with E-state index in [1.54, 1.807) is 6.20 Å². The summed E-state index contributed by atoms with van der Waals surface area (Å²) < 4.78 is 17.2. The van der Waals surface area contributed by atoms with Crippen LogP contribution in [0.5, 0.6) is 11.5 Å². The number of nitrogens with two attached hydrogens (primary N) is 1. The standard InChI is InChI=1S/C26H28N4O3/c1-18-2-3-19(14-25(18)32-13-9-27)15-26-29-10-6-23(30-26)20-4-5-24(21(16-20)17-28)33-22-7-11-31-12-8-22/h2-6,10,14,16,22H,7-9,11-13,15,27H2,1H3. The zero-order chi connectivity index (χ0) is 23.0. The molecule has 0 bridgehead atoms. The maximum atomic E-state index is 9.67. The summed E-state index contributed by atoms with van der Waals surface area (Å²) >= 11 is 0. The smallest absolute Gasteiger partial charge is 0.137 e. The summed E-state index contributed by atoms with van der Waals surface area (Å²) in [4.78, 5) is 9.17. The molecule has 1 aliphatic heterocycles. The summed E-state index contributed by atoms with van der Waals surface area (Å²) in [5.41, 5.74) is 9.80. The highest BCUT2D eigenvalue weighted by Crippen LogP contribution is 2.28. The van der Waals surface area contributed by atoms with E-state index in [-0.39, 0.29) is 6.10 Å². The Hall–Kier alpha value is -3.47. The average Bonchev–Trinajstić information content (AvgIpc) is 2.85. The second kappa shape index (κ2) is 10.9. The topological polar surface area (TPSA) is 103 Å². The van der Waals surface area contributed by atoms with Gasteiger partial charge in [0, 0.05) is 37.6 Å². The van der Waals surface area contributed by atoms with Crippen LogP contribution < -0.4 is 15.2 Å². The van der Waals surface area contributed by atoms with Crippen molar-refractivity contribution in [3.05, 3.63) is 71.2 Å². The number of hydrogen-bond acceptors (Lipinski definition) is 7. The number of rotatable bonds is 8. The van der Waals surface area contributed by atoms with Gasteiger partial charge in [0.15, 0.2) is 0 Å². The number of aryl methyl sites for hydroxylation is 1. The van der Waals surface area contributed by atoms with Crippen LogP contribution in [0.2, 0.25) is 0 Å². The maximum absolute atomic E-state index is 9.67. The number of aromatic nitrogens is 2. The summed E-state index contributed by atoms with van der Waals surface area (Å²) in [6.07, 6.45) is 4.06. The van der Waals surface area contributed by atoms with Crippen LogP contribution in [-0.4, -0.2) is 42.4 Å². The normalized spacial score (nSPS) is 14.0. The van der Waals surface area contributed by atoms with E-state index in [1.807, 2.05) is 43.3 Å². The average molecular weight is 445 g/mol. The van der Waals surface area contributed by atoms with Gasteiger partial charge in [0.1, 0.15) is 36.1 Å². The quantitative estimate of drug-likeness (QED) is 0.563. The van der Waals surface area contributed by atoms with Crippen LogP contribution in [0.1, 0.15) is 35.4 Å². The molecule has 33 heavy (non-hydrogen) atoms. The van der Waals surface area contributed by atoms with Crippen molar-refractivity contribution in [3.63, 3.8) is 0 Å². The van der Waals surface area contributed by atoms with Crippen LogP contribution in [0.4, 0.5) is 0 Å². The van der Waals surface area contributed by atoms with Crippen molar-refractivity contribution in [1.29, 1.82) is 5.26 Å². The summed E-state index contributed by atoms with van der Waals surface area (Å²) in [7, 11) is 0. The fourth-order valence-corrected chi connectivity index (χ4v) is 3.76. The highest BCUT2D eigenvalue weighted by Gasteiger charge is 2.17. The summed E-state index contributed by atoms with van der Waals surface area (Å²) in [6, 6.07) is 15.8. The van der Waals surface area contributed by atoms with Crippen molar-refractivity contribution in [2.45, 2.75) is 32.3 Å². The predicted molar refractivity (Wildman–Crippen MR) is 125 cm³/mol. The molecule has 0 amide bonds. The minimum atomic E-state index is 0.0792. The first-order chi connectivity index (χ1) is 16.2. The number of benzene rings is 2. The molecule has 3 aromatic rings.